The highest BCUT2D eigenvalue weighted by molar-refractivity contribution is 9.10. The van der Waals surface area contributed by atoms with E-state index in [1.807, 2.05) is 0 Å². The maximum absolute atomic E-state index is 13.8. The van der Waals surface area contributed by atoms with Crippen LogP contribution in [0.25, 0.3) is 11.0 Å². The lowest BCUT2D eigenvalue weighted by atomic mass is 10.3. The molecule has 0 spiro atoms. The lowest BCUT2D eigenvalue weighted by Crippen LogP contribution is -2.11. The van der Waals surface area contributed by atoms with Crippen molar-refractivity contribution in [1.29, 1.82) is 0 Å². The van der Waals surface area contributed by atoms with Crippen molar-refractivity contribution in [3.63, 3.8) is 0 Å². The van der Waals surface area contributed by atoms with Crippen LogP contribution in [-0.4, -0.2) is 20.2 Å². The number of nitrogens with two attached hydrogens (primary N) is 1. The van der Waals surface area contributed by atoms with Crippen LogP contribution in [0, 0.1) is 11.6 Å². The van der Waals surface area contributed by atoms with E-state index in [9.17, 15) is 8.78 Å². The minimum absolute atomic E-state index is 0.0486. The van der Waals surface area contributed by atoms with Gasteiger partial charge in [0.05, 0.1) is 21.7 Å². The second-order valence-electron chi connectivity index (χ2n) is 4.04. The standard InChI is InChI=1S/C11H8BrF2N7/c12-5-1-8(7(14)2-6(5)13)17-9-4-3-16-21-10(4)19-11(18-9)20-15/h1-3H,15H2,(H3,16,17,18,19,20,21). The van der Waals surface area contributed by atoms with Gasteiger partial charge in [-0.25, -0.2) is 14.6 Å². The zero-order valence-corrected chi connectivity index (χ0v) is 11.9. The number of anilines is 3. The largest absolute Gasteiger partial charge is 0.337 e. The van der Waals surface area contributed by atoms with E-state index >= 15 is 0 Å². The molecule has 0 aliphatic rings. The number of nitrogens with zero attached hydrogens (tertiary/aromatic N) is 3. The molecule has 2 heterocycles. The Kier molecular flexibility index (Phi) is 3.39. The van der Waals surface area contributed by atoms with Gasteiger partial charge in [-0.3, -0.25) is 10.5 Å². The highest BCUT2D eigenvalue weighted by Gasteiger charge is 2.13. The van der Waals surface area contributed by atoms with Crippen LogP contribution >= 0.6 is 15.9 Å². The first-order chi connectivity index (χ1) is 10.1. The van der Waals surface area contributed by atoms with Crippen LogP contribution in [0.1, 0.15) is 0 Å². The second-order valence-corrected chi connectivity index (χ2v) is 4.90. The number of aromatic amines is 1. The molecule has 0 bridgehead atoms. The average molecular weight is 356 g/mol. The summed E-state index contributed by atoms with van der Waals surface area (Å²) in [6.45, 7) is 0. The number of hydrazine groups is 1. The van der Waals surface area contributed by atoms with Gasteiger partial charge in [0.1, 0.15) is 17.5 Å². The topological polar surface area (TPSA) is 105 Å². The second kappa shape index (κ2) is 5.22. The summed E-state index contributed by atoms with van der Waals surface area (Å²) >= 11 is 3.00. The van der Waals surface area contributed by atoms with Crippen LogP contribution < -0.4 is 16.6 Å². The van der Waals surface area contributed by atoms with Crippen LogP contribution in [0.4, 0.5) is 26.2 Å². The predicted molar refractivity (Wildman–Crippen MR) is 76.8 cm³/mol. The molecule has 3 aromatic rings. The van der Waals surface area contributed by atoms with E-state index in [4.69, 9.17) is 5.84 Å². The van der Waals surface area contributed by atoms with E-state index in [2.05, 4.69) is 46.8 Å². The number of nitrogen functional groups attached to an aromatic ring is 1. The summed E-state index contributed by atoms with van der Waals surface area (Å²) in [5.74, 6) is 4.22. The van der Waals surface area contributed by atoms with Crippen molar-refractivity contribution in [2.45, 2.75) is 0 Å². The molecule has 0 aliphatic heterocycles. The molecule has 0 aliphatic carbocycles. The van der Waals surface area contributed by atoms with Gasteiger partial charge in [0.2, 0.25) is 5.95 Å². The van der Waals surface area contributed by atoms with Gasteiger partial charge in [-0.05, 0) is 22.0 Å². The highest BCUT2D eigenvalue weighted by Crippen LogP contribution is 2.28. The van der Waals surface area contributed by atoms with E-state index in [0.29, 0.717) is 11.0 Å². The van der Waals surface area contributed by atoms with E-state index in [1.165, 1.54) is 12.3 Å². The van der Waals surface area contributed by atoms with Crippen molar-refractivity contribution in [2.75, 3.05) is 10.7 Å². The van der Waals surface area contributed by atoms with Crippen molar-refractivity contribution in [2.24, 2.45) is 5.84 Å². The number of hydrogen-bond donors (Lipinski definition) is 4. The smallest absolute Gasteiger partial charge is 0.241 e. The number of benzene rings is 1. The van der Waals surface area contributed by atoms with Gasteiger partial charge >= 0.3 is 0 Å². The van der Waals surface area contributed by atoms with Crippen molar-refractivity contribution in [1.82, 2.24) is 20.2 Å². The van der Waals surface area contributed by atoms with Gasteiger partial charge in [-0.15, -0.1) is 0 Å². The third kappa shape index (κ3) is 2.50. The molecule has 0 saturated carbocycles. The monoisotopic (exact) mass is 355 g/mol. The molecule has 0 atom stereocenters. The summed E-state index contributed by atoms with van der Waals surface area (Å²) in [5.41, 5.74) is 2.76. The molecule has 3 rings (SSSR count). The Morgan fingerprint density at radius 1 is 1.19 bits per heavy atom. The minimum atomic E-state index is -0.756. The molecule has 0 unspecified atom stereocenters. The molecule has 7 nitrogen and oxygen atoms in total. The van der Waals surface area contributed by atoms with Crippen molar-refractivity contribution < 1.29 is 8.78 Å². The maximum atomic E-state index is 13.8. The van der Waals surface area contributed by atoms with E-state index in [0.717, 1.165) is 6.07 Å². The zero-order valence-electron chi connectivity index (χ0n) is 10.3. The lowest BCUT2D eigenvalue weighted by molar-refractivity contribution is 0.581. The van der Waals surface area contributed by atoms with Gasteiger partial charge in [-0.1, -0.05) is 0 Å². The maximum Gasteiger partial charge on any atom is 0.241 e. The fourth-order valence-electron chi connectivity index (χ4n) is 1.74. The molecule has 108 valence electrons. The van der Waals surface area contributed by atoms with Gasteiger partial charge in [0.15, 0.2) is 5.65 Å². The molecule has 5 N–H and O–H groups in total. The molecule has 0 amide bonds. The predicted octanol–water partition coefficient (Wildman–Crippen LogP) is 2.42. The Hall–Kier alpha value is -2.33. The number of fused-ring (bicyclic) bond motifs is 1. The third-order valence-corrected chi connectivity index (χ3v) is 3.31. The molecular formula is C11H8BrF2N7. The minimum Gasteiger partial charge on any atom is -0.337 e. The number of halogens is 3. The fourth-order valence-corrected chi connectivity index (χ4v) is 2.08. The fraction of sp³-hybridized carbons (Fsp3) is 0. The number of rotatable bonds is 3. The summed E-state index contributed by atoms with van der Waals surface area (Å²) in [6, 6.07) is 2.04. The first-order valence-corrected chi connectivity index (χ1v) is 6.47. The van der Waals surface area contributed by atoms with Crippen LogP contribution in [0.3, 0.4) is 0 Å². The summed E-state index contributed by atoms with van der Waals surface area (Å²) in [4.78, 5) is 8.13. The lowest BCUT2D eigenvalue weighted by Gasteiger charge is -2.09. The highest BCUT2D eigenvalue weighted by atomic mass is 79.9. The van der Waals surface area contributed by atoms with E-state index < -0.39 is 11.6 Å². The summed E-state index contributed by atoms with van der Waals surface area (Å²) < 4.78 is 27.2. The molecule has 21 heavy (non-hydrogen) atoms. The third-order valence-electron chi connectivity index (χ3n) is 2.70. The zero-order chi connectivity index (χ0) is 15.0. The Labute approximate surface area is 125 Å². The number of nitrogens with one attached hydrogen (secondary N) is 3. The van der Waals surface area contributed by atoms with E-state index in [-0.39, 0.29) is 21.9 Å². The summed E-state index contributed by atoms with van der Waals surface area (Å²) in [7, 11) is 0. The first kappa shape index (κ1) is 13.6. The van der Waals surface area contributed by atoms with Crippen molar-refractivity contribution in [3.05, 3.63) is 34.4 Å². The Morgan fingerprint density at radius 3 is 2.76 bits per heavy atom. The first-order valence-electron chi connectivity index (χ1n) is 5.68. The molecule has 0 saturated heterocycles. The average Bonchev–Trinajstić information content (AvgIpc) is 2.93. The molecule has 2 aromatic heterocycles. The molecule has 1 aromatic carbocycles. The normalized spacial score (nSPS) is 10.9. The van der Waals surface area contributed by atoms with Crippen LogP contribution in [0.5, 0.6) is 0 Å². The number of hydrogen-bond acceptors (Lipinski definition) is 6. The summed E-state index contributed by atoms with van der Waals surface area (Å²) in [5, 5.41) is 9.79. The Bertz CT molecular complexity index is 820. The number of aromatic nitrogens is 4. The SMILES string of the molecule is NNc1nc(Nc2cc(Br)c(F)cc2F)c2cn[nH]c2n1. The van der Waals surface area contributed by atoms with E-state index in [1.54, 1.807) is 0 Å². The molecule has 10 heteroatoms. The van der Waals surface area contributed by atoms with Crippen LogP contribution in [0.15, 0.2) is 22.8 Å². The van der Waals surface area contributed by atoms with Crippen molar-refractivity contribution >= 4 is 44.4 Å². The summed E-state index contributed by atoms with van der Waals surface area (Å²) in [6.07, 6.45) is 1.48. The Balaban J connectivity index is 2.09. The quantitative estimate of drug-likeness (QED) is 0.326. The molecule has 0 radical (unpaired) electrons. The Morgan fingerprint density at radius 2 is 2.00 bits per heavy atom. The van der Waals surface area contributed by atoms with Gasteiger partial charge < -0.3 is 5.32 Å². The van der Waals surface area contributed by atoms with Crippen LogP contribution in [-0.2, 0) is 0 Å². The van der Waals surface area contributed by atoms with Gasteiger partial charge in [0.25, 0.3) is 0 Å². The molecule has 0 fully saturated rings. The van der Waals surface area contributed by atoms with Crippen LogP contribution in [0.2, 0.25) is 0 Å². The van der Waals surface area contributed by atoms with Crippen molar-refractivity contribution in [3.8, 4) is 0 Å². The van der Waals surface area contributed by atoms with Gasteiger partial charge in [-0.2, -0.15) is 15.1 Å². The van der Waals surface area contributed by atoms with Gasteiger partial charge in [0, 0.05) is 6.07 Å². The molecular weight excluding hydrogens is 348 g/mol. The number of H-pyrrole nitrogens is 1.